The van der Waals surface area contributed by atoms with Crippen LogP contribution in [0, 0.1) is 41.9 Å². The number of hydrogen-bond acceptors (Lipinski definition) is 3. The molecule has 0 aromatic heterocycles. The van der Waals surface area contributed by atoms with Gasteiger partial charge in [-0.15, -0.1) is 24.2 Å². The summed E-state index contributed by atoms with van der Waals surface area (Å²) >= 11 is 0. The van der Waals surface area contributed by atoms with Crippen LogP contribution in [0.3, 0.4) is 0 Å². The Morgan fingerprint density at radius 1 is 0.639 bits per heavy atom. The molecule has 36 heavy (non-hydrogen) atoms. The summed E-state index contributed by atoms with van der Waals surface area (Å²) in [6, 6.07) is 0.335. The van der Waals surface area contributed by atoms with Crippen molar-refractivity contribution in [1.82, 2.24) is 0 Å². The van der Waals surface area contributed by atoms with E-state index in [0.29, 0.717) is 24.2 Å². The second-order valence-corrected chi connectivity index (χ2v) is 8.83. The van der Waals surface area contributed by atoms with Crippen LogP contribution in [0.15, 0.2) is 15.3 Å². The van der Waals surface area contributed by atoms with Gasteiger partial charge in [-0.25, -0.2) is 0 Å². The van der Waals surface area contributed by atoms with E-state index >= 15 is 0 Å². The molecule has 9 nitrogen and oxygen atoms in total. The Balaban J connectivity index is -0.000000131. The minimum Gasteiger partial charge on any atom is -0.120 e. The van der Waals surface area contributed by atoms with Crippen LogP contribution in [0.5, 0.6) is 0 Å². The molecule has 0 saturated heterocycles. The standard InChI is InChI=1S/C10H17N3.C8H13N3.C7H15N3.2CH4/c1-4-5-6-7-8-10(9(2)3)12-13-11;1-4-5-6-8(7(2)3)10-11-9;1-4-5-7(6(2)3)9-10-8;;/h9-10H,4,7-8H2,1-3H3;1,7-8H,5-6H2,2-3H3;6-7H,4-5H2,1-3H3;2*1H4. The van der Waals surface area contributed by atoms with Gasteiger partial charge in [0.15, 0.2) is 0 Å². The lowest BCUT2D eigenvalue weighted by atomic mass is 10.0. The summed E-state index contributed by atoms with van der Waals surface area (Å²) < 4.78 is 0. The Bertz CT molecular complexity index is 737. The fraction of sp³-hybridized carbons (Fsp3) is 0.852. The summed E-state index contributed by atoms with van der Waals surface area (Å²) in [6.07, 6.45) is 11.2. The maximum atomic E-state index is 8.31. The van der Waals surface area contributed by atoms with Crippen molar-refractivity contribution in [3.05, 3.63) is 31.3 Å². The highest BCUT2D eigenvalue weighted by atomic mass is 15.2. The quantitative estimate of drug-likeness (QED) is 0.108. The van der Waals surface area contributed by atoms with Gasteiger partial charge in [0.2, 0.25) is 0 Å². The highest BCUT2D eigenvalue weighted by Crippen LogP contribution is 2.13. The molecule has 0 rings (SSSR count). The van der Waals surface area contributed by atoms with Crippen molar-refractivity contribution in [2.24, 2.45) is 33.1 Å². The van der Waals surface area contributed by atoms with Crippen molar-refractivity contribution < 1.29 is 0 Å². The molecule has 0 bridgehead atoms. The third-order valence-electron chi connectivity index (χ3n) is 4.94. The van der Waals surface area contributed by atoms with Crippen LogP contribution < -0.4 is 0 Å². The number of azide groups is 3. The summed E-state index contributed by atoms with van der Waals surface area (Å²) in [7, 11) is 0. The maximum absolute atomic E-state index is 8.31. The van der Waals surface area contributed by atoms with Crippen LogP contribution >= 0.6 is 0 Å². The van der Waals surface area contributed by atoms with E-state index in [2.05, 4.69) is 82.5 Å². The lowest BCUT2D eigenvalue weighted by Crippen LogP contribution is -2.11. The highest BCUT2D eigenvalue weighted by molar-refractivity contribution is 4.98. The fourth-order valence-electron chi connectivity index (χ4n) is 2.73. The number of rotatable bonds is 12. The molecule has 3 atom stereocenters. The smallest absolute Gasteiger partial charge is 0.0406 e. The Morgan fingerprint density at radius 3 is 1.28 bits per heavy atom. The largest absolute Gasteiger partial charge is 0.120 e. The van der Waals surface area contributed by atoms with Gasteiger partial charge in [-0.05, 0) is 53.6 Å². The van der Waals surface area contributed by atoms with E-state index in [-0.39, 0.29) is 33.0 Å². The Kier molecular flexibility index (Phi) is 38.4. The molecule has 0 fully saturated rings. The minimum atomic E-state index is 0. The molecule has 0 radical (unpaired) electrons. The Hall–Kier alpha value is -2.95. The summed E-state index contributed by atoms with van der Waals surface area (Å²) in [6.45, 7) is 16.5. The summed E-state index contributed by atoms with van der Waals surface area (Å²) in [5.41, 5.74) is 24.7. The highest BCUT2D eigenvalue weighted by Gasteiger charge is 2.10. The van der Waals surface area contributed by atoms with Crippen molar-refractivity contribution in [2.75, 3.05) is 0 Å². The molecule has 0 spiro atoms. The molecule has 0 aromatic carbocycles. The van der Waals surface area contributed by atoms with Crippen molar-refractivity contribution >= 4 is 0 Å². The molecular weight excluding hydrogens is 450 g/mol. The second kappa shape index (κ2) is 32.0. The molecule has 0 aliphatic rings. The van der Waals surface area contributed by atoms with E-state index in [1.807, 2.05) is 20.8 Å². The molecule has 0 saturated carbocycles. The molecule has 3 unspecified atom stereocenters. The van der Waals surface area contributed by atoms with Gasteiger partial charge in [-0.1, -0.05) is 92.0 Å². The number of terminal acetylenes is 1. The molecule has 0 heterocycles. The van der Waals surface area contributed by atoms with Gasteiger partial charge in [0.1, 0.15) is 0 Å². The lowest BCUT2D eigenvalue weighted by Gasteiger charge is -2.12. The van der Waals surface area contributed by atoms with Crippen molar-refractivity contribution in [2.45, 2.75) is 133 Å². The SMILES string of the molecule is C.C.C#CCCC(N=[N+]=[N-])C(C)C.CCC#CCCC(N=[N+]=[N-])C(C)C.CCCC(N=[N+]=[N-])C(C)C. The molecular formula is C27H53N9. The van der Waals surface area contributed by atoms with E-state index in [4.69, 9.17) is 23.0 Å². The predicted molar refractivity (Wildman–Crippen MR) is 157 cm³/mol. The van der Waals surface area contributed by atoms with Crippen molar-refractivity contribution in [3.63, 3.8) is 0 Å². The van der Waals surface area contributed by atoms with Crippen molar-refractivity contribution in [3.8, 4) is 24.2 Å². The third-order valence-corrected chi connectivity index (χ3v) is 4.94. The van der Waals surface area contributed by atoms with Gasteiger partial charge < -0.3 is 0 Å². The minimum absolute atomic E-state index is 0. The summed E-state index contributed by atoms with van der Waals surface area (Å²) in [4.78, 5) is 8.40. The molecule has 9 heteroatoms. The van der Waals surface area contributed by atoms with Crippen LogP contribution in [-0.4, -0.2) is 18.1 Å². The summed E-state index contributed by atoms with van der Waals surface area (Å²) in [5, 5.41) is 11.1. The second-order valence-electron chi connectivity index (χ2n) is 8.83. The fourth-order valence-corrected chi connectivity index (χ4v) is 2.73. The topological polar surface area (TPSA) is 146 Å². The number of hydrogen-bond donors (Lipinski definition) is 0. The lowest BCUT2D eigenvalue weighted by molar-refractivity contribution is 0.458. The van der Waals surface area contributed by atoms with Gasteiger partial charge in [0.25, 0.3) is 0 Å². The first kappa shape index (κ1) is 43.1. The Labute approximate surface area is 222 Å². The van der Waals surface area contributed by atoms with Crippen LogP contribution in [0.2, 0.25) is 0 Å². The van der Waals surface area contributed by atoms with E-state index < -0.39 is 0 Å². The van der Waals surface area contributed by atoms with Gasteiger partial charge >= 0.3 is 0 Å². The van der Waals surface area contributed by atoms with Crippen LogP contribution in [-0.2, 0) is 0 Å². The first-order valence-corrected chi connectivity index (χ1v) is 12.2. The van der Waals surface area contributed by atoms with Crippen LogP contribution in [0.25, 0.3) is 31.3 Å². The molecule has 0 amide bonds. The zero-order valence-electron chi connectivity index (χ0n) is 22.5. The third kappa shape index (κ3) is 29.1. The molecule has 0 aliphatic carbocycles. The zero-order chi connectivity index (χ0) is 26.8. The summed E-state index contributed by atoms with van der Waals surface area (Å²) in [5.74, 6) is 9.82. The van der Waals surface area contributed by atoms with Gasteiger partial charge in [-0.2, -0.15) is 0 Å². The average molecular weight is 504 g/mol. The predicted octanol–water partition coefficient (Wildman–Crippen LogP) is 10.6. The molecule has 206 valence electrons. The average Bonchev–Trinajstić information content (AvgIpc) is 2.79. The molecule has 0 N–H and O–H groups in total. The van der Waals surface area contributed by atoms with Crippen molar-refractivity contribution in [1.29, 1.82) is 0 Å². The normalized spacial score (nSPS) is 11.3. The first-order chi connectivity index (χ1) is 16.2. The van der Waals surface area contributed by atoms with E-state index in [9.17, 15) is 0 Å². The van der Waals surface area contributed by atoms with Crippen LogP contribution in [0.1, 0.15) is 115 Å². The van der Waals surface area contributed by atoms with E-state index in [0.717, 1.165) is 38.5 Å². The van der Waals surface area contributed by atoms with E-state index in [1.165, 1.54) is 0 Å². The van der Waals surface area contributed by atoms with Gasteiger partial charge in [0.05, 0.1) is 0 Å². The van der Waals surface area contributed by atoms with E-state index in [1.54, 1.807) is 0 Å². The molecule has 0 aromatic rings. The first-order valence-electron chi connectivity index (χ1n) is 12.2. The Morgan fingerprint density at radius 2 is 1.00 bits per heavy atom. The number of nitrogens with zero attached hydrogens (tertiary/aromatic N) is 9. The van der Waals surface area contributed by atoms with Gasteiger partial charge in [-0.3, -0.25) is 0 Å². The van der Waals surface area contributed by atoms with Crippen LogP contribution in [0.4, 0.5) is 0 Å². The monoisotopic (exact) mass is 503 g/mol. The zero-order valence-corrected chi connectivity index (χ0v) is 22.5. The molecule has 0 aliphatic heterocycles. The maximum Gasteiger partial charge on any atom is 0.0406 e. The van der Waals surface area contributed by atoms with Gasteiger partial charge in [0, 0.05) is 52.1 Å².